The summed E-state index contributed by atoms with van der Waals surface area (Å²) >= 11 is 0. The van der Waals surface area contributed by atoms with E-state index < -0.39 is 6.10 Å². The van der Waals surface area contributed by atoms with Crippen LogP contribution in [0.25, 0.3) is 0 Å². The minimum absolute atomic E-state index is 0.0589. The van der Waals surface area contributed by atoms with Crippen LogP contribution < -0.4 is 4.74 Å². The number of hydrogen-bond acceptors (Lipinski definition) is 5. The molecule has 6 heteroatoms. The molecule has 2 aliphatic rings. The number of likely N-dealkylation sites (tertiary alicyclic amines) is 1. The van der Waals surface area contributed by atoms with E-state index in [2.05, 4.69) is 17.1 Å². The molecule has 1 aromatic carbocycles. The van der Waals surface area contributed by atoms with Crippen molar-refractivity contribution >= 4 is 5.91 Å². The van der Waals surface area contributed by atoms with Gasteiger partial charge in [0, 0.05) is 37.4 Å². The van der Waals surface area contributed by atoms with Crippen LogP contribution >= 0.6 is 0 Å². The van der Waals surface area contributed by atoms with E-state index in [1.165, 1.54) is 0 Å². The summed E-state index contributed by atoms with van der Waals surface area (Å²) in [6.45, 7) is 5.22. The van der Waals surface area contributed by atoms with Gasteiger partial charge in [-0.2, -0.15) is 4.98 Å². The lowest BCUT2D eigenvalue weighted by Gasteiger charge is -2.33. The Morgan fingerprint density at radius 2 is 2.17 bits per heavy atom. The van der Waals surface area contributed by atoms with Crippen LogP contribution in [0.5, 0.6) is 5.75 Å². The van der Waals surface area contributed by atoms with Crippen molar-refractivity contribution in [2.45, 2.75) is 44.6 Å². The topological polar surface area (TPSA) is 68.5 Å². The number of hydrogen-bond donors (Lipinski definition) is 0. The first-order chi connectivity index (χ1) is 11.6. The van der Waals surface area contributed by atoms with Crippen LogP contribution in [0.3, 0.4) is 0 Å². The molecule has 0 N–H and O–H groups in total. The van der Waals surface area contributed by atoms with Gasteiger partial charge < -0.3 is 14.2 Å². The molecule has 4 rings (SSSR count). The highest BCUT2D eigenvalue weighted by Gasteiger charge is 2.40. The molecule has 0 saturated carbocycles. The molecule has 24 heavy (non-hydrogen) atoms. The number of carbonyl (C=O) groups is 1. The molecule has 2 aromatic rings. The monoisotopic (exact) mass is 327 g/mol. The molecule has 0 bridgehead atoms. The summed E-state index contributed by atoms with van der Waals surface area (Å²) in [6, 6.07) is 7.89. The van der Waals surface area contributed by atoms with E-state index in [9.17, 15) is 4.79 Å². The van der Waals surface area contributed by atoms with E-state index in [0.717, 1.165) is 30.7 Å². The standard InChI is InChI=1S/C18H21N3O3/c1-11-14-7-3-4-8-15(14)23-16(11)18(22)21-9-5-6-13(10-21)17-19-12(2)24-20-17/h3-4,7-8,11,13,16H,5-6,9-10H2,1-2H3/t11-,13+,16-/m0/s1. The number of rotatable bonds is 2. The quantitative estimate of drug-likeness (QED) is 0.848. The van der Waals surface area contributed by atoms with Crippen molar-refractivity contribution in [3.8, 4) is 5.75 Å². The van der Waals surface area contributed by atoms with Gasteiger partial charge >= 0.3 is 0 Å². The van der Waals surface area contributed by atoms with Crippen LogP contribution in [0, 0.1) is 6.92 Å². The minimum Gasteiger partial charge on any atom is -0.480 e. The van der Waals surface area contributed by atoms with Gasteiger partial charge in [0.05, 0.1) is 0 Å². The number of aromatic nitrogens is 2. The number of amides is 1. The summed E-state index contributed by atoms with van der Waals surface area (Å²) in [5.74, 6) is 2.36. The molecule has 126 valence electrons. The smallest absolute Gasteiger partial charge is 0.264 e. The zero-order valence-corrected chi connectivity index (χ0v) is 13.9. The predicted molar refractivity (Wildman–Crippen MR) is 86.9 cm³/mol. The highest BCUT2D eigenvalue weighted by atomic mass is 16.5. The van der Waals surface area contributed by atoms with Crippen molar-refractivity contribution in [1.29, 1.82) is 0 Å². The molecular weight excluding hydrogens is 306 g/mol. The zero-order valence-electron chi connectivity index (χ0n) is 13.9. The lowest BCUT2D eigenvalue weighted by atomic mass is 9.94. The van der Waals surface area contributed by atoms with Gasteiger partial charge in [0.15, 0.2) is 11.9 Å². The summed E-state index contributed by atoms with van der Waals surface area (Å²) in [7, 11) is 0. The third-order valence-corrected chi connectivity index (χ3v) is 5.00. The minimum atomic E-state index is -0.437. The lowest BCUT2D eigenvalue weighted by Crippen LogP contribution is -2.46. The van der Waals surface area contributed by atoms with E-state index in [-0.39, 0.29) is 17.7 Å². The fourth-order valence-corrected chi connectivity index (χ4v) is 3.68. The van der Waals surface area contributed by atoms with Crippen molar-refractivity contribution in [2.24, 2.45) is 0 Å². The summed E-state index contributed by atoms with van der Waals surface area (Å²) in [5.41, 5.74) is 1.11. The second-order valence-corrected chi connectivity index (χ2v) is 6.66. The Morgan fingerprint density at radius 1 is 1.33 bits per heavy atom. The molecule has 6 nitrogen and oxygen atoms in total. The number of nitrogens with zero attached hydrogens (tertiary/aromatic N) is 3. The highest BCUT2D eigenvalue weighted by Crippen LogP contribution is 2.39. The van der Waals surface area contributed by atoms with Crippen LogP contribution in [0.1, 0.15) is 48.9 Å². The number of ether oxygens (including phenoxy) is 1. The first-order valence-electron chi connectivity index (χ1n) is 8.48. The number of aryl methyl sites for hydroxylation is 1. The third kappa shape index (κ3) is 2.56. The summed E-state index contributed by atoms with van der Waals surface area (Å²) in [6.07, 6.45) is 1.48. The Balaban J connectivity index is 1.49. The SMILES string of the molecule is Cc1nc([C@@H]2CCCN(C(=O)[C@H]3Oc4ccccc4[C@@H]3C)C2)no1. The molecule has 1 saturated heterocycles. The Labute approximate surface area is 140 Å². The molecule has 1 fully saturated rings. The molecule has 0 unspecified atom stereocenters. The summed E-state index contributed by atoms with van der Waals surface area (Å²) in [5, 5.41) is 4.02. The predicted octanol–water partition coefficient (Wildman–Crippen LogP) is 2.65. The Morgan fingerprint density at radius 3 is 2.92 bits per heavy atom. The average Bonchev–Trinajstić information content (AvgIpc) is 3.19. The number of para-hydroxylation sites is 1. The number of benzene rings is 1. The molecule has 3 heterocycles. The van der Waals surface area contributed by atoms with E-state index in [4.69, 9.17) is 9.26 Å². The van der Waals surface area contributed by atoms with Gasteiger partial charge in [-0.25, -0.2) is 0 Å². The van der Waals surface area contributed by atoms with Crippen LogP contribution in [0.4, 0.5) is 0 Å². The molecule has 0 aliphatic carbocycles. The molecule has 0 radical (unpaired) electrons. The second kappa shape index (κ2) is 5.92. The second-order valence-electron chi connectivity index (χ2n) is 6.66. The van der Waals surface area contributed by atoms with Crippen molar-refractivity contribution in [1.82, 2.24) is 15.0 Å². The number of fused-ring (bicyclic) bond motifs is 1. The largest absolute Gasteiger partial charge is 0.480 e. The van der Waals surface area contributed by atoms with E-state index in [1.807, 2.05) is 29.2 Å². The molecule has 3 atom stereocenters. The van der Waals surface area contributed by atoms with Gasteiger partial charge in [-0.1, -0.05) is 30.3 Å². The van der Waals surface area contributed by atoms with Crippen LogP contribution in [-0.4, -0.2) is 40.1 Å². The fraction of sp³-hybridized carbons (Fsp3) is 0.500. The van der Waals surface area contributed by atoms with Crippen molar-refractivity contribution < 1.29 is 14.1 Å². The maximum absolute atomic E-state index is 13.0. The van der Waals surface area contributed by atoms with Gasteiger partial charge in [-0.15, -0.1) is 0 Å². The number of piperidine rings is 1. The molecule has 1 aromatic heterocycles. The van der Waals surface area contributed by atoms with E-state index in [1.54, 1.807) is 6.92 Å². The van der Waals surface area contributed by atoms with Gasteiger partial charge in [0.2, 0.25) is 5.89 Å². The average molecular weight is 327 g/mol. The Bertz CT molecular complexity index is 757. The fourth-order valence-electron chi connectivity index (χ4n) is 3.68. The molecule has 0 spiro atoms. The van der Waals surface area contributed by atoms with Gasteiger partial charge in [0.1, 0.15) is 5.75 Å². The Kier molecular flexibility index (Phi) is 3.75. The Hall–Kier alpha value is -2.37. The van der Waals surface area contributed by atoms with Crippen molar-refractivity contribution in [2.75, 3.05) is 13.1 Å². The summed E-state index contributed by atoms with van der Waals surface area (Å²) in [4.78, 5) is 19.2. The van der Waals surface area contributed by atoms with Gasteiger partial charge in [-0.05, 0) is 18.9 Å². The molecule has 1 amide bonds. The van der Waals surface area contributed by atoms with E-state index >= 15 is 0 Å². The maximum Gasteiger partial charge on any atom is 0.264 e. The first-order valence-corrected chi connectivity index (χ1v) is 8.48. The highest BCUT2D eigenvalue weighted by molar-refractivity contribution is 5.83. The molecular formula is C18H21N3O3. The molecule has 2 aliphatic heterocycles. The first kappa shape index (κ1) is 15.2. The van der Waals surface area contributed by atoms with E-state index in [0.29, 0.717) is 18.3 Å². The lowest BCUT2D eigenvalue weighted by molar-refractivity contribution is -0.140. The summed E-state index contributed by atoms with van der Waals surface area (Å²) < 4.78 is 11.0. The third-order valence-electron chi connectivity index (χ3n) is 5.00. The normalized spacial score (nSPS) is 26.1. The maximum atomic E-state index is 13.0. The van der Waals surface area contributed by atoms with Gasteiger partial charge in [-0.3, -0.25) is 4.79 Å². The zero-order chi connectivity index (χ0) is 16.7. The van der Waals surface area contributed by atoms with Crippen LogP contribution in [-0.2, 0) is 4.79 Å². The van der Waals surface area contributed by atoms with Crippen molar-refractivity contribution in [3.63, 3.8) is 0 Å². The van der Waals surface area contributed by atoms with Crippen molar-refractivity contribution in [3.05, 3.63) is 41.5 Å². The van der Waals surface area contributed by atoms with Crippen LogP contribution in [0.15, 0.2) is 28.8 Å². The van der Waals surface area contributed by atoms with Gasteiger partial charge in [0.25, 0.3) is 5.91 Å². The van der Waals surface area contributed by atoms with Crippen LogP contribution in [0.2, 0.25) is 0 Å². The number of carbonyl (C=O) groups excluding carboxylic acids is 1.